The molecule has 0 N–H and O–H groups in total. The Labute approximate surface area is 197 Å². The summed E-state index contributed by atoms with van der Waals surface area (Å²) >= 11 is 7.64. The zero-order valence-corrected chi connectivity index (χ0v) is 20.0. The molecule has 0 bridgehead atoms. The number of methoxy groups -OCH3 is 1. The maximum Gasteiger partial charge on any atom is 0.199 e. The van der Waals surface area contributed by atoms with E-state index in [0.29, 0.717) is 12.6 Å². The summed E-state index contributed by atoms with van der Waals surface area (Å²) in [4.78, 5) is 7.37. The van der Waals surface area contributed by atoms with Crippen LogP contribution in [0.25, 0.3) is 21.6 Å². The number of aromatic nitrogens is 4. The maximum absolute atomic E-state index is 5.81. The van der Waals surface area contributed by atoms with E-state index in [9.17, 15) is 0 Å². The third-order valence-electron chi connectivity index (χ3n) is 6.09. The van der Waals surface area contributed by atoms with E-state index in [4.69, 9.17) is 27.0 Å². The second-order valence-corrected chi connectivity index (χ2v) is 9.56. The number of hydrogen-bond donors (Lipinski definition) is 0. The molecule has 6 nitrogen and oxygen atoms in total. The Balaban J connectivity index is 1.40. The predicted octanol–water partition coefficient (Wildman–Crippen LogP) is 5.56. The average Bonchev–Trinajstić information content (AvgIpc) is 3.40. The molecule has 1 aliphatic heterocycles. The van der Waals surface area contributed by atoms with Gasteiger partial charge in [-0.3, -0.25) is 4.90 Å². The predicted molar refractivity (Wildman–Crippen MR) is 132 cm³/mol. The summed E-state index contributed by atoms with van der Waals surface area (Å²) in [6.45, 7) is 5.58. The summed E-state index contributed by atoms with van der Waals surface area (Å²) in [5, 5.41) is 6.17. The fourth-order valence-electron chi connectivity index (χ4n) is 4.49. The smallest absolute Gasteiger partial charge is 0.199 e. The first-order valence-electron chi connectivity index (χ1n) is 11.1. The van der Waals surface area contributed by atoms with E-state index in [1.54, 1.807) is 7.11 Å². The van der Waals surface area contributed by atoms with Crippen molar-refractivity contribution in [1.82, 2.24) is 24.2 Å². The normalized spacial score (nSPS) is 17.1. The third kappa shape index (κ3) is 3.98. The van der Waals surface area contributed by atoms with Crippen LogP contribution in [0, 0.1) is 4.77 Å². The van der Waals surface area contributed by atoms with Gasteiger partial charge in [0.2, 0.25) is 0 Å². The lowest BCUT2D eigenvalue weighted by atomic mass is 9.99. The number of nitrogens with zero attached hydrogens (tertiary/aromatic N) is 5. The van der Waals surface area contributed by atoms with Crippen LogP contribution < -0.4 is 4.74 Å². The van der Waals surface area contributed by atoms with Gasteiger partial charge in [-0.05, 0) is 62.8 Å². The van der Waals surface area contributed by atoms with E-state index in [1.807, 2.05) is 40.3 Å². The first kappa shape index (κ1) is 21.3. The van der Waals surface area contributed by atoms with Crippen LogP contribution in [0.2, 0.25) is 0 Å². The fourth-order valence-corrected chi connectivity index (χ4v) is 5.89. The van der Waals surface area contributed by atoms with Crippen molar-refractivity contribution >= 4 is 33.8 Å². The molecule has 0 unspecified atom stereocenters. The number of piperidine rings is 1. The van der Waals surface area contributed by atoms with Crippen LogP contribution in [0.5, 0.6) is 5.75 Å². The first-order valence-corrected chi connectivity index (χ1v) is 12.3. The molecule has 166 valence electrons. The Morgan fingerprint density at radius 3 is 2.78 bits per heavy atom. The summed E-state index contributed by atoms with van der Waals surface area (Å²) in [6.07, 6.45) is 2.33. The van der Waals surface area contributed by atoms with E-state index in [0.717, 1.165) is 53.5 Å². The topological polar surface area (TPSA) is 48.1 Å². The number of para-hydroxylation sites is 2. The van der Waals surface area contributed by atoms with Gasteiger partial charge in [0.25, 0.3) is 0 Å². The number of likely N-dealkylation sites (tertiary alicyclic amines) is 1. The Hall–Kier alpha value is -2.55. The van der Waals surface area contributed by atoms with E-state index in [-0.39, 0.29) is 0 Å². The lowest BCUT2D eigenvalue weighted by molar-refractivity contribution is 0.156. The molecule has 1 saturated heterocycles. The fraction of sp³-hybridized carbons (Fsp3) is 0.375. The van der Waals surface area contributed by atoms with Gasteiger partial charge in [-0.1, -0.05) is 24.3 Å². The number of rotatable bonds is 6. The maximum atomic E-state index is 5.81. The largest absolute Gasteiger partial charge is 0.496 e. The SMILES string of the molecule is CCn1c(-c2ccccc2OC)nn(CN2CCC[C@H](c3nc4ccccc4s3)C2)c1=S. The molecule has 0 radical (unpaired) electrons. The summed E-state index contributed by atoms with van der Waals surface area (Å²) in [5.74, 6) is 2.12. The Morgan fingerprint density at radius 1 is 1.16 bits per heavy atom. The molecular formula is C24H27N5OS2. The van der Waals surface area contributed by atoms with E-state index >= 15 is 0 Å². The number of thiazole rings is 1. The van der Waals surface area contributed by atoms with Gasteiger partial charge in [0.05, 0.1) is 34.6 Å². The van der Waals surface area contributed by atoms with Gasteiger partial charge in [0.15, 0.2) is 10.6 Å². The standard InChI is InChI=1S/C24H27N5OS2/c1-3-28-22(18-10-4-6-12-20(18)30-2)26-29(24(28)31)16-27-14-8-9-17(15-27)23-25-19-11-5-7-13-21(19)32-23/h4-7,10-13,17H,3,8-9,14-16H2,1-2H3/t17-/m0/s1. The molecule has 0 amide bonds. The molecule has 1 fully saturated rings. The highest BCUT2D eigenvalue weighted by Gasteiger charge is 2.25. The van der Waals surface area contributed by atoms with Crippen LogP contribution in [-0.4, -0.2) is 44.4 Å². The minimum atomic E-state index is 0.456. The first-order chi connectivity index (χ1) is 15.7. The van der Waals surface area contributed by atoms with Crippen molar-refractivity contribution in [3.8, 4) is 17.1 Å². The van der Waals surface area contributed by atoms with Crippen LogP contribution in [0.15, 0.2) is 48.5 Å². The molecule has 32 heavy (non-hydrogen) atoms. The average molecular weight is 466 g/mol. The van der Waals surface area contributed by atoms with Crippen LogP contribution in [0.3, 0.4) is 0 Å². The van der Waals surface area contributed by atoms with Gasteiger partial charge < -0.3 is 9.30 Å². The van der Waals surface area contributed by atoms with Crippen LogP contribution in [-0.2, 0) is 13.2 Å². The highest BCUT2D eigenvalue weighted by Crippen LogP contribution is 2.33. The van der Waals surface area contributed by atoms with E-state index in [1.165, 1.54) is 16.1 Å². The molecule has 1 atom stereocenters. The summed E-state index contributed by atoms with van der Waals surface area (Å²) < 4.78 is 11.6. The van der Waals surface area contributed by atoms with Crippen molar-refractivity contribution in [3.05, 3.63) is 58.3 Å². The van der Waals surface area contributed by atoms with Crippen LogP contribution >= 0.6 is 23.6 Å². The van der Waals surface area contributed by atoms with Crippen LogP contribution in [0.4, 0.5) is 0 Å². The molecule has 8 heteroatoms. The van der Waals surface area contributed by atoms with Gasteiger partial charge in [-0.25, -0.2) is 9.67 Å². The molecule has 2 aromatic carbocycles. The van der Waals surface area contributed by atoms with Crippen molar-refractivity contribution in [1.29, 1.82) is 0 Å². The molecule has 4 aromatic rings. The minimum absolute atomic E-state index is 0.456. The van der Waals surface area contributed by atoms with Gasteiger partial charge in [0, 0.05) is 19.0 Å². The summed E-state index contributed by atoms with van der Waals surface area (Å²) in [5.41, 5.74) is 2.07. The molecule has 0 aliphatic carbocycles. The van der Waals surface area contributed by atoms with Gasteiger partial charge in [0.1, 0.15) is 5.75 Å². The lowest BCUT2D eigenvalue weighted by Crippen LogP contribution is -2.36. The summed E-state index contributed by atoms with van der Waals surface area (Å²) in [6, 6.07) is 16.4. The van der Waals surface area contributed by atoms with E-state index in [2.05, 4.69) is 40.7 Å². The highest BCUT2D eigenvalue weighted by molar-refractivity contribution is 7.71. The monoisotopic (exact) mass is 465 g/mol. The molecule has 5 rings (SSSR count). The minimum Gasteiger partial charge on any atom is -0.496 e. The van der Waals surface area contributed by atoms with Gasteiger partial charge in [-0.15, -0.1) is 11.3 Å². The summed E-state index contributed by atoms with van der Waals surface area (Å²) in [7, 11) is 1.69. The second-order valence-electron chi connectivity index (χ2n) is 8.13. The van der Waals surface area contributed by atoms with Crippen molar-refractivity contribution in [2.24, 2.45) is 0 Å². The molecule has 0 spiro atoms. The Bertz CT molecular complexity index is 1260. The molecule has 0 saturated carbocycles. The number of hydrogen-bond acceptors (Lipinski definition) is 6. The molecule has 1 aliphatic rings. The number of ether oxygens (including phenoxy) is 1. The molecule has 3 heterocycles. The molecular weight excluding hydrogens is 438 g/mol. The van der Waals surface area contributed by atoms with Gasteiger partial charge >= 0.3 is 0 Å². The molecule has 2 aromatic heterocycles. The second kappa shape index (κ2) is 9.13. The number of fused-ring (bicyclic) bond motifs is 1. The highest BCUT2D eigenvalue weighted by atomic mass is 32.1. The Morgan fingerprint density at radius 2 is 1.97 bits per heavy atom. The van der Waals surface area contributed by atoms with Crippen LogP contribution in [0.1, 0.15) is 30.7 Å². The quantitative estimate of drug-likeness (QED) is 0.349. The zero-order chi connectivity index (χ0) is 22.1. The number of benzene rings is 2. The van der Waals surface area contributed by atoms with E-state index < -0.39 is 0 Å². The third-order valence-corrected chi connectivity index (χ3v) is 7.72. The zero-order valence-electron chi connectivity index (χ0n) is 18.4. The van der Waals surface area contributed by atoms with Crippen molar-refractivity contribution in [3.63, 3.8) is 0 Å². The lowest BCUT2D eigenvalue weighted by Gasteiger charge is -2.31. The van der Waals surface area contributed by atoms with Gasteiger partial charge in [-0.2, -0.15) is 5.10 Å². The Kier molecular flexibility index (Phi) is 6.08. The van der Waals surface area contributed by atoms with Crippen molar-refractivity contribution in [2.75, 3.05) is 20.2 Å². The van der Waals surface area contributed by atoms with Crippen molar-refractivity contribution < 1.29 is 4.74 Å². The van der Waals surface area contributed by atoms with Crippen molar-refractivity contribution in [2.45, 2.75) is 38.9 Å².